The average Bonchev–Trinajstić information content (AvgIpc) is 3.23. The number of pyridine rings is 1. The van der Waals surface area contributed by atoms with Crippen molar-refractivity contribution in [3.05, 3.63) is 54.9 Å². The summed E-state index contributed by atoms with van der Waals surface area (Å²) in [6, 6.07) is 5.50. The van der Waals surface area contributed by atoms with Crippen LogP contribution in [-0.4, -0.2) is 57.2 Å². The summed E-state index contributed by atoms with van der Waals surface area (Å²) in [7, 11) is 1.74. The zero-order valence-corrected chi connectivity index (χ0v) is 16.2. The van der Waals surface area contributed by atoms with E-state index in [2.05, 4.69) is 30.3 Å². The van der Waals surface area contributed by atoms with Crippen molar-refractivity contribution in [1.29, 1.82) is 0 Å². The molecule has 0 aromatic carbocycles. The first kappa shape index (κ1) is 18.9. The van der Waals surface area contributed by atoms with Gasteiger partial charge in [0.15, 0.2) is 5.76 Å². The Kier molecular flexibility index (Phi) is 5.64. The van der Waals surface area contributed by atoms with Crippen molar-refractivity contribution in [3.63, 3.8) is 0 Å². The summed E-state index contributed by atoms with van der Waals surface area (Å²) in [5.74, 6) is 1.45. The summed E-state index contributed by atoms with van der Waals surface area (Å²) in [6.07, 6.45) is 10.4. The number of piperidine rings is 1. The molecule has 1 N–H and O–H groups in total. The molecule has 9 nitrogen and oxygen atoms in total. The molecule has 9 heteroatoms. The van der Waals surface area contributed by atoms with Crippen LogP contribution in [-0.2, 0) is 6.54 Å². The highest BCUT2D eigenvalue weighted by atomic mass is 16.5. The second-order valence-electron chi connectivity index (χ2n) is 7.07. The van der Waals surface area contributed by atoms with Crippen LogP contribution in [0.3, 0.4) is 0 Å². The number of hydrogen-bond acceptors (Lipinski definition) is 7. The molecule has 150 valence electrons. The monoisotopic (exact) mass is 393 g/mol. The van der Waals surface area contributed by atoms with E-state index in [1.165, 1.54) is 0 Å². The van der Waals surface area contributed by atoms with Crippen molar-refractivity contribution in [2.24, 2.45) is 0 Å². The van der Waals surface area contributed by atoms with Crippen LogP contribution in [0, 0.1) is 0 Å². The largest absolute Gasteiger partial charge is 0.359 e. The number of amides is 2. The molecule has 0 radical (unpaired) electrons. The fraction of sp³-hybridized carbons (Fsp3) is 0.350. The summed E-state index contributed by atoms with van der Waals surface area (Å²) in [5.41, 5.74) is 1.58. The van der Waals surface area contributed by atoms with E-state index in [4.69, 9.17) is 4.52 Å². The minimum Gasteiger partial charge on any atom is -0.359 e. The lowest BCUT2D eigenvalue weighted by Crippen LogP contribution is -2.51. The predicted molar refractivity (Wildman–Crippen MR) is 107 cm³/mol. The van der Waals surface area contributed by atoms with Crippen LogP contribution >= 0.6 is 0 Å². The Balaban J connectivity index is 1.32. The molecule has 4 rings (SSSR count). The number of nitrogens with zero attached hydrogens (tertiary/aromatic N) is 6. The summed E-state index contributed by atoms with van der Waals surface area (Å²) in [6.45, 7) is 1.96. The van der Waals surface area contributed by atoms with Crippen LogP contribution in [0.4, 0.5) is 10.6 Å². The predicted octanol–water partition coefficient (Wildman–Crippen LogP) is 2.34. The Bertz CT molecular complexity index is 932. The maximum atomic E-state index is 12.6. The zero-order valence-electron chi connectivity index (χ0n) is 16.2. The van der Waals surface area contributed by atoms with Crippen molar-refractivity contribution in [2.45, 2.75) is 25.4 Å². The minimum atomic E-state index is -0.143. The molecule has 3 aromatic rings. The summed E-state index contributed by atoms with van der Waals surface area (Å²) in [4.78, 5) is 28.9. The first-order valence-corrected chi connectivity index (χ1v) is 9.57. The van der Waals surface area contributed by atoms with Gasteiger partial charge in [-0.05, 0) is 25.0 Å². The standard InChI is InChI=1S/C20H23N7O2/c1-26(14-17-10-18(25-29-17)15-4-2-6-21-11-15)20(28)24-16-5-3-9-27(13-16)19-12-22-7-8-23-19/h2,4,6-8,10-12,16H,3,5,9,13-14H2,1H3,(H,24,28)/t16-/m1/s1. The van der Waals surface area contributed by atoms with Crippen molar-refractivity contribution >= 4 is 11.8 Å². The van der Waals surface area contributed by atoms with Gasteiger partial charge in [-0.2, -0.15) is 0 Å². The van der Waals surface area contributed by atoms with Crippen molar-refractivity contribution in [2.75, 3.05) is 25.0 Å². The van der Waals surface area contributed by atoms with Gasteiger partial charge in [-0.1, -0.05) is 5.16 Å². The number of aromatic nitrogens is 4. The molecule has 3 aromatic heterocycles. The molecular weight excluding hydrogens is 370 g/mol. The zero-order chi connectivity index (χ0) is 20.1. The third-order valence-corrected chi connectivity index (χ3v) is 4.88. The molecular formula is C20H23N7O2. The molecule has 0 aliphatic carbocycles. The lowest BCUT2D eigenvalue weighted by atomic mass is 10.1. The molecule has 1 aliphatic rings. The highest BCUT2D eigenvalue weighted by Gasteiger charge is 2.24. The highest BCUT2D eigenvalue weighted by Crippen LogP contribution is 2.19. The van der Waals surface area contributed by atoms with E-state index in [1.54, 1.807) is 42.9 Å². The number of nitrogens with one attached hydrogen (secondary N) is 1. The number of carbonyl (C=O) groups excluding carboxylic acids is 1. The van der Waals surface area contributed by atoms with Crippen LogP contribution in [0.15, 0.2) is 53.7 Å². The van der Waals surface area contributed by atoms with Gasteiger partial charge in [0.05, 0.1) is 12.7 Å². The maximum Gasteiger partial charge on any atom is 0.317 e. The van der Waals surface area contributed by atoms with Gasteiger partial charge in [-0.25, -0.2) is 9.78 Å². The van der Waals surface area contributed by atoms with Gasteiger partial charge in [0.2, 0.25) is 0 Å². The number of rotatable bonds is 5. The van der Waals surface area contributed by atoms with Gasteiger partial charge in [0, 0.05) is 62.6 Å². The van der Waals surface area contributed by atoms with Gasteiger partial charge in [0.25, 0.3) is 0 Å². The van der Waals surface area contributed by atoms with Gasteiger partial charge < -0.3 is 19.6 Å². The minimum absolute atomic E-state index is 0.0568. The highest BCUT2D eigenvalue weighted by molar-refractivity contribution is 5.74. The van der Waals surface area contributed by atoms with E-state index in [0.29, 0.717) is 24.5 Å². The number of hydrogen-bond donors (Lipinski definition) is 1. The molecule has 29 heavy (non-hydrogen) atoms. The summed E-state index contributed by atoms with van der Waals surface area (Å²) in [5, 5.41) is 7.17. The van der Waals surface area contributed by atoms with Crippen LogP contribution < -0.4 is 10.2 Å². The smallest absolute Gasteiger partial charge is 0.317 e. The Morgan fingerprint density at radius 1 is 1.31 bits per heavy atom. The molecule has 1 aliphatic heterocycles. The summed E-state index contributed by atoms with van der Waals surface area (Å²) < 4.78 is 5.38. The Morgan fingerprint density at radius 2 is 2.21 bits per heavy atom. The Morgan fingerprint density at radius 3 is 3.00 bits per heavy atom. The molecule has 0 saturated carbocycles. The molecule has 1 fully saturated rings. The molecule has 2 amide bonds. The molecule has 4 heterocycles. The molecule has 0 bridgehead atoms. The normalized spacial score (nSPS) is 16.4. The van der Waals surface area contributed by atoms with Crippen LogP contribution in [0.5, 0.6) is 0 Å². The topological polar surface area (TPSA) is 100 Å². The van der Waals surface area contributed by atoms with Gasteiger partial charge >= 0.3 is 6.03 Å². The molecule has 1 atom stereocenters. The first-order chi connectivity index (χ1) is 14.2. The first-order valence-electron chi connectivity index (χ1n) is 9.57. The maximum absolute atomic E-state index is 12.6. The number of carbonyl (C=O) groups is 1. The van der Waals surface area contributed by atoms with E-state index >= 15 is 0 Å². The average molecular weight is 393 g/mol. The number of urea groups is 1. The van der Waals surface area contributed by atoms with Gasteiger partial charge in [0.1, 0.15) is 11.5 Å². The van der Waals surface area contributed by atoms with E-state index in [0.717, 1.165) is 30.8 Å². The fourth-order valence-corrected chi connectivity index (χ4v) is 3.39. The van der Waals surface area contributed by atoms with Gasteiger partial charge in [-0.15, -0.1) is 0 Å². The Hall–Kier alpha value is -3.49. The van der Waals surface area contributed by atoms with Crippen molar-refractivity contribution in [1.82, 2.24) is 30.3 Å². The van der Waals surface area contributed by atoms with E-state index in [-0.39, 0.29) is 12.1 Å². The second-order valence-corrected chi connectivity index (χ2v) is 7.07. The van der Waals surface area contributed by atoms with E-state index < -0.39 is 0 Å². The van der Waals surface area contributed by atoms with Gasteiger partial charge in [-0.3, -0.25) is 9.97 Å². The van der Waals surface area contributed by atoms with E-state index in [9.17, 15) is 4.79 Å². The number of anilines is 1. The van der Waals surface area contributed by atoms with Crippen molar-refractivity contribution in [3.8, 4) is 11.3 Å². The van der Waals surface area contributed by atoms with E-state index in [1.807, 2.05) is 18.2 Å². The Labute approximate surface area is 168 Å². The molecule has 0 unspecified atom stereocenters. The van der Waals surface area contributed by atoms with Crippen molar-refractivity contribution < 1.29 is 9.32 Å². The lowest BCUT2D eigenvalue weighted by Gasteiger charge is -2.34. The second kappa shape index (κ2) is 8.68. The quantitative estimate of drug-likeness (QED) is 0.710. The molecule has 0 spiro atoms. The summed E-state index contributed by atoms with van der Waals surface area (Å²) >= 11 is 0. The third kappa shape index (κ3) is 4.68. The lowest BCUT2D eigenvalue weighted by molar-refractivity contribution is 0.195. The van der Waals surface area contributed by atoms with Crippen LogP contribution in [0.2, 0.25) is 0 Å². The van der Waals surface area contributed by atoms with Crippen LogP contribution in [0.25, 0.3) is 11.3 Å². The third-order valence-electron chi connectivity index (χ3n) is 4.88. The fourth-order valence-electron chi connectivity index (χ4n) is 3.39. The van der Waals surface area contributed by atoms with Crippen LogP contribution in [0.1, 0.15) is 18.6 Å². The SMILES string of the molecule is CN(Cc1cc(-c2cccnc2)no1)C(=O)N[C@@H]1CCCN(c2cnccn2)C1. The molecule has 1 saturated heterocycles.